The highest BCUT2D eigenvalue weighted by Gasteiger charge is 2.26. The maximum absolute atomic E-state index is 12.6. The highest BCUT2D eigenvalue weighted by atomic mass is 32.1. The molecule has 2 amide bonds. The largest absolute Gasteiger partial charge is 0.322 e. The molecule has 0 radical (unpaired) electrons. The maximum Gasteiger partial charge on any atom is 0.268 e. The molecule has 136 valence electrons. The van der Waals surface area contributed by atoms with E-state index in [1.165, 1.54) is 11.3 Å². The number of anilines is 2. The molecule has 0 fully saturated rings. The van der Waals surface area contributed by atoms with Gasteiger partial charge in [-0.05, 0) is 67.6 Å². The second-order valence-corrected chi connectivity index (χ2v) is 7.81. The van der Waals surface area contributed by atoms with Crippen molar-refractivity contribution >= 4 is 34.5 Å². The molecular formula is C22H20N2O2S. The van der Waals surface area contributed by atoms with Crippen LogP contribution in [0.3, 0.4) is 0 Å². The fourth-order valence-electron chi connectivity index (χ4n) is 3.53. The van der Waals surface area contributed by atoms with Crippen molar-refractivity contribution in [2.75, 3.05) is 16.8 Å². The number of aryl methyl sites for hydroxylation is 2. The number of nitrogens with one attached hydrogen (secondary N) is 1. The molecule has 0 spiro atoms. The van der Waals surface area contributed by atoms with E-state index in [0.29, 0.717) is 12.1 Å². The topological polar surface area (TPSA) is 49.4 Å². The number of rotatable bonds is 3. The third kappa shape index (κ3) is 3.51. The average Bonchev–Trinajstić information content (AvgIpc) is 3.30. The van der Waals surface area contributed by atoms with Crippen molar-refractivity contribution in [3.05, 3.63) is 81.0 Å². The Bertz CT molecular complexity index is 1000. The number of thiophene rings is 1. The van der Waals surface area contributed by atoms with E-state index < -0.39 is 0 Å². The molecule has 0 aliphatic carbocycles. The van der Waals surface area contributed by atoms with Crippen LogP contribution in [0.2, 0.25) is 0 Å². The van der Waals surface area contributed by atoms with Gasteiger partial charge in [-0.25, -0.2) is 0 Å². The van der Waals surface area contributed by atoms with Crippen molar-refractivity contribution in [2.45, 2.75) is 20.3 Å². The van der Waals surface area contributed by atoms with Gasteiger partial charge in [0.05, 0.1) is 4.88 Å². The SMILES string of the molecule is Cc1cc(C)cc(C(=O)Nc2ccc3c(c2)CCN3C(=O)c2cccs2)c1. The van der Waals surface area contributed by atoms with Gasteiger partial charge in [-0.1, -0.05) is 23.3 Å². The minimum absolute atomic E-state index is 0.0378. The van der Waals surface area contributed by atoms with Gasteiger partial charge in [-0.15, -0.1) is 11.3 Å². The number of nitrogens with zero attached hydrogens (tertiary/aromatic N) is 1. The Kier molecular flexibility index (Phi) is 4.54. The van der Waals surface area contributed by atoms with Crippen LogP contribution >= 0.6 is 11.3 Å². The van der Waals surface area contributed by atoms with E-state index >= 15 is 0 Å². The van der Waals surface area contributed by atoms with Gasteiger partial charge in [0.25, 0.3) is 11.8 Å². The summed E-state index contributed by atoms with van der Waals surface area (Å²) in [4.78, 5) is 27.8. The van der Waals surface area contributed by atoms with Crippen LogP contribution in [0, 0.1) is 13.8 Å². The summed E-state index contributed by atoms with van der Waals surface area (Å²) in [5, 5.41) is 4.89. The Morgan fingerprint density at radius 2 is 1.81 bits per heavy atom. The van der Waals surface area contributed by atoms with E-state index in [9.17, 15) is 9.59 Å². The monoisotopic (exact) mass is 376 g/mol. The minimum Gasteiger partial charge on any atom is -0.322 e. The van der Waals surface area contributed by atoms with Crippen LogP contribution in [0.15, 0.2) is 53.9 Å². The first kappa shape index (κ1) is 17.5. The fourth-order valence-corrected chi connectivity index (χ4v) is 4.20. The highest BCUT2D eigenvalue weighted by molar-refractivity contribution is 7.12. The van der Waals surface area contributed by atoms with Gasteiger partial charge in [0.2, 0.25) is 0 Å². The van der Waals surface area contributed by atoms with Crippen molar-refractivity contribution in [1.29, 1.82) is 0 Å². The summed E-state index contributed by atoms with van der Waals surface area (Å²) >= 11 is 1.46. The quantitative estimate of drug-likeness (QED) is 0.712. The number of hydrogen-bond donors (Lipinski definition) is 1. The summed E-state index contributed by atoms with van der Waals surface area (Å²) in [5.74, 6) is -0.0814. The molecule has 0 saturated heterocycles. The Balaban J connectivity index is 1.54. The lowest BCUT2D eigenvalue weighted by Crippen LogP contribution is -2.28. The third-order valence-corrected chi connectivity index (χ3v) is 5.55. The second kappa shape index (κ2) is 7.00. The first-order valence-electron chi connectivity index (χ1n) is 8.89. The predicted octanol–water partition coefficient (Wildman–Crippen LogP) is 4.82. The number of hydrogen-bond acceptors (Lipinski definition) is 3. The Morgan fingerprint density at radius 3 is 2.52 bits per heavy atom. The predicted molar refractivity (Wildman–Crippen MR) is 110 cm³/mol. The summed E-state index contributed by atoms with van der Waals surface area (Å²) < 4.78 is 0. The molecule has 27 heavy (non-hydrogen) atoms. The number of benzene rings is 2. The van der Waals surface area contributed by atoms with E-state index in [1.807, 2.05) is 72.7 Å². The van der Waals surface area contributed by atoms with Gasteiger partial charge in [0.1, 0.15) is 0 Å². The van der Waals surface area contributed by atoms with Crippen molar-refractivity contribution in [1.82, 2.24) is 0 Å². The summed E-state index contributed by atoms with van der Waals surface area (Å²) in [5.41, 5.74) is 5.55. The van der Waals surface area contributed by atoms with Gasteiger partial charge in [-0.3, -0.25) is 9.59 Å². The Labute approximate surface area is 162 Å². The standard InChI is InChI=1S/C22H20N2O2S/c1-14-10-15(2)12-17(11-14)21(25)23-18-5-6-19-16(13-18)7-8-24(19)22(26)20-4-3-9-27-20/h3-6,9-13H,7-8H2,1-2H3,(H,23,25). The Morgan fingerprint density at radius 1 is 1.04 bits per heavy atom. The lowest BCUT2D eigenvalue weighted by molar-refractivity contribution is 0.0991. The van der Waals surface area contributed by atoms with Crippen LogP contribution in [0.1, 0.15) is 36.7 Å². The molecule has 1 N–H and O–H groups in total. The molecule has 5 heteroatoms. The van der Waals surface area contributed by atoms with Crippen LogP contribution in [-0.4, -0.2) is 18.4 Å². The number of fused-ring (bicyclic) bond motifs is 1. The van der Waals surface area contributed by atoms with E-state index in [2.05, 4.69) is 5.32 Å². The van der Waals surface area contributed by atoms with Crippen LogP contribution in [0.25, 0.3) is 0 Å². The summed E-state index contributed by atoms with van der Waals surface area (Å²) in [6.45, 7) is 4.64. The summed E-state index contributed by atoms with van der Waals surface area (Å²) in [6, 6.07) is 15.3. The zero-order chi connectivity index (χ0) is 19.0. The highest BCUT2D eigenvalue weighted by Crippen LogP contribution is 2.32. The second-order valence-electron chi connectivity index (χ2n) is 6.86. The molecule has 0 unspecified atom stereocenters. The van der Waals surface area contributed by atoms with Gasteiger partial charge in [0.15, 0.2) is 0 Å². The Hall–Kier alpha value is -2.92. The van der Waals surface area contributed by atoms with Crippen molar-refractivity contribution in [3.8, 4) is 0 Å². The molecule has 1 aliphatic heterocycles. The fraction of sp³-hybridized carbons (Fsp3) is 0.182. The number of carbonyl (C=O) groups excluding carboxylic acids is 2. The number of carbonyl (C=O) groups is 2. The normalized spacial score (nSPS) is 12.7. The van der Waals surface area contributed by atoms with Gasteiger partial charge >= 0.3 is 0 Å². The summed E-state index contributed by atoms with van der Waals surface area (Å²) in [7, 11) is 0. The van der Waals surface area contributed by atoms with E-state index in [0.717, 1.165) is 39.4 Å². The van der Waals surface area contributed by atoms with Gasteiger partial charge in [0, 0.05) is 23.5 Å². The number of amides is 2. The molecule has 3 aromatic rings. The molecule has 2 aromatic carbocycles. The average molecular weight is 376 g/mol. The van der Waals surface area contributed by atoms with Crippen molar-refractivity contribution in [2.24, 2.45) is 0 Å². The van der Waals surface area contributed by atoms with Crippen LogP contribution in [-0.2, 0) is 6.42 Å². The van der Waals surface area contributed by atoms with Gasteiger partial charge < -0.3 is 10.2 Å². The van der Waals surface area contributed by atoms with E-state index in [-0.39, 0.29) is 11.8 Å². The van der Waals surface area contributed by atoms with Crippen LogP contribution in [0.5, 0.6) is 0 Å². The maximum atomic E-state index is 12.6. The van der Waals surface area contributed by atoms with E-state index in [1.54, 1.807) is 0 Å². The molecule has 0 atom stereocenters. The van der Waals surface area contributed by atoms with Gasteiger partial charge in [-0.2, -0.15) is 0 Å². The molecule has 0 bridgehead atoms. The molecule has 4 nitrogen and oxygen atoms in total. The molecule has 1 aromatic heterocycles. The zero-order valence-corrected chi connectivity index (χ0v) is 16.1. The van der Waals surface area contributed by atoms with Crippen LogP contribution in [0.4, 0.5) is 11.4 Å². The van der Waals surface area contributed by atoms with Crippen molar-refractivity contribution in [3.63, 3.8) is 0 Å². The lowest BCUT2D eigenvalue weighted by atomic mass is 10.1. The summed E-state index contributed by atoms with van der Waals surface area (Å²) in [6.07, 6.45) is 0.791. The smallest absolute Gasteiger partial charge is 0.268 e. The third-order valence-electron chi connectivity index (χ3n) is 4.69. The first-order valence-corrected chi connectivity index (χ1v) is 9.77. The lowest BCUT2D eigenvalue weighted by Gasteiger charge is -2.16. The molecule has 2 heterocycles. The molecule has 1 aliphatic rings. The first-order chi connectivity index (χ1) is 13.0. The van der Waals surface area contributed by atoms with Crippen molar-refractivity contribution < 1.29 is 9.59 Å². The molecule has 4 rings (SSSR count). The molecular weight excluding hydrogens is 356 g/mol. The zero-order valence-electron chi connectivity index (χ0n) is 15.3. The van der Waals surface area contributed by atoms with Crippen LogP contribution < -0.4 is 10.2 Å². The molecule has 0 saturated carbocycles. The van der Waals surface area contributed by atoms with E-state index in [4.69, 9.17) is 0 Å². The minimum atomic E-state index is -0.119.